The van der Waals surface area contributed by atoms with Crippen molar-refractivity contribution in [3.8, 4) is 11.5 Å². The van der Waals surface area contributed by atoms with Crippen molar-refractivity contribution >= 4 is 29.1 Å². The summed E-state index contributed by atoms with van der Waals surface area (Å²) < 4.78 is 5.81. The topological polar surface area (TPSA) is 91.4 Å². The Bertz CT molecular complexity index is 1240. The van der Waals surface area contributed by atoms with E-state index in [4.69, 9.17) is 16.0 Å². The molecule has 0 saturated carbocycles. The third kappa shape index (κ3) is 3.36. The molecule has 8 nitrogen and oxygen atoms in total. The number of imide groups is 1. The van der Waals surface area contributed by atoms with E-state index in [1.54, 1.807) is 31.2 Å². The molecule has 0 N–H and O–H groups in total. The molecule has 1 fully saturated rings. The van der Waals surface area contributed by atoms with Crippen molar-refractivity contribution in [3.63, 3.8) is 0 Å². The fraction of sp³-hybridized carbons (Fsp3) is 0.261. The highest BCUT2D eigenvalue weighted by atomic mass is 35.5. The van der Waals surface area contributed by atoms with Gasteiger partial charge < -0.3 is 4.42 Å². The van der Waals surface area contributed by atoms with Gasteiger partial charge in [0, 0.05) is 10.6 Å². The van der Waals surface area contributed by atoms with Gasteiger partial charge in [-0.25, -0.2) is 9.88 Å². The van der Waals surface area contributed by atoms with E-state index in [1.165, 1.54) is 9.91 Å². The lowest BCUT2D eigenvalue weighted by molar-refractivity contribution is -0.123. The molecule has 0 unspecified atom stereocenters. The maximum Gasteiger partial charge on any atom is 0.263 e. The highest BCUT2D eigenvalue weighted by Crippen LogP contribution is 2.34. The van der Waals surface area contributed by atoms with Gasteiger partial charge in [-0.05, 0) is 49.2 Å². The van der Waals surface area contributed by atoms with Crippen LogP contribution < -0.4 is 4.90 Å². The predicted octanol–water partition coefficient (Wildman–Crippen LogP) is 4.36. The lowest BCUT2D eigenvalue weighted by Crippen LogP contribution is -2.39. The van der Waals surface area contributed by atoms with Crippen LogP contribution in [0.1, 0.15) is 23.9 Å². The molecule has 0 radical (unpaired) electrons. The summed E-state index contributed by atoms with van der Waals surface area (Å²) in [7, 11) is 0. The van der Waals surface area contributed by atoms with E-state index in [0.29, 0.717) is 28.1 Å². The number of benzene rings is 2. The van der Waals surface area contributed by atoms with E-state index in [2.05, 4.69) is 15.3 Å². The number of oxazole rings is 1. The van der Waals surface area contributed by atoms with Gasteiger partial charge in [0.25, 0.3) is 11.8 Å². The second-order valence-electron chi connectivity index (χ2n) is 7.76. The molecule has 2 atom stereocenters. The summed E-state index contributed by atoms with van der Waals surface area (Å²) in [5, 5.41) is 10.3. The molecule has 2 aromatic carbocycles. The lowest BCUT2D eigenvalue weighted by Gasteiger charge is -2.20. The zero-order valence-corrected chi connectivity index (χ0v) is 18.3. The minimum absolute atomic E-state index is 0.197. The second-order valence-corrected chi connectivity index (χ2v) is 8.19. The normalized spacial score (nSPS) is 19.8. The van der Waals surface area contributed by atoms with E-state index < -0.39 is 12.1 Å². The Morgan fingerprint density at radius 1 is 1.09 bits per heavy atom. The molecule has 0 bridgehead atoms. The number of fused-ring (bicyclic) bond motifs is 1. The first-order chi connectivity index (χ1) is 15.5. The van der Waals surface area contributed by atoms with Gasteiger partial charge in [0.2, 0.25) is 5.89 Å². The number of halogens is 1. The van der Waals surface area contributed by atoms with Crippen LogP contribution in [0.5, 0.6) is 0 Å². The molecule has 162 valence electrons. The van der Waals surface area contributed by atoms with Gasteiger partial charge in [-0.1, -0.05) is 41.9 Å². The van der Waals surface area contributed by atoms with Crippen molar-refractivity contribution in [3.05, 3.63) is 70.6 Å². The van der Waals surface area contributed by atoms with Crippen LogP contribution in [0.3, 0.4) is 0 Å². The van der Waals surface area contributed by atoms with Crippen LogP contribution in [0.2, 0.25) is 5.02 Å². The zero-order valence-electron chi connectivity index (χ0n) is 17.5. The Morgan fingerprint density at radius 3 is 2.59 bits per heavy atom. The highest BCUT2D eigenvalue weighted by molar-refractivity contribution is 6.30. The number of hydrogen-bond donors (Lipinski definition) is 0. The number of carbonyl (C=O) groups excluding carboxylic acids is 2. The van der Waals surface area contributed by atoms with Crippen molar-refractivity contribution in [2.45, 2.75) is 38.9 Å². The molecule has 0 aliphatic carbocycles. The Hall–Kier alpha value is -3.52. The first kappa shape index (κ1) is 20.4. The van der Waals surface area contributed by atoms with Gasteiger partial charge in [-0.15, -0.1) is 0 Å². The fourth-order valence-corrected chi connectivity index (χ4v) is 4.15. The summed E-state index contributed by atoms with van der Waals surface area (Å²) in [5.74, 6) is 0.319. The zero-order chi connectivity index (χ0) is 22.4. The number of aryl methyl sites for hydroxylation is 2. The van der Waals surface area contributed by atoms with Crippen LogP contribution in [-0.4, -0.2) is 33.9 Å². The van der Waals surface area contributed by atoms with E-state index in [9.17, 15) is 9.59 Å². The fourth-order valence-electron chi connectivity index (χ4n) is 3.96. The number of anilines is 1. The largest absolute Gasteiger partial charge is 0.441 e. The molecule has 3 aromatic rings. The number of nitrogens with zero attached hydrogens (tertiary/aromatic N) is 5. The summed E-state index contributed by atoms with van der Waals surface area (Å²) in [6, 6.07) is 13.0. The van der Waals surface area contributed by atoms with Gasteiger partial charge in [0.15, 0.2) is 12.1 Å². The third-order valence-corrected chi connectivity index (χ3v) is 5.97. The monoisotopic (exact) mass is 449 g/mol. The SMILES string of the molecule is CCc1ccc(N2C(=O)[C@H]3N=NN(Cc4nc(-c5cccc(Cl)c5)oc4C)[C@@H]3C2=O)cc1. The first-order valence-corrected chi connectivity index (χ1v) is 10.7. The molecule has 3 heterocycles. The molecule has 1 aromatic heterocycles. The molecule has 5 rings (SSSR count). The number of aromatic nitrogens is 1. The molecular formula is C23H20ClN5O3. The smallest absolute Gasteiger partial charge is 0.263 e. The summed E-state index contributed by atoms with van der Waals surface area (Å²) in [4.78, 5) is 31.9. The molecule has 32 heavy (non-hydrogen) atoms. The van der Waals surface area contributed by atoms with E-state index in [1.807, 2.05) is 31.2 Å². The van der Waals surface area contributed by atoms with Crippen molar-refractivity contribution in [2.75, 3.05) is 4.90 Å². The average molecular weight is 450 g/mol. The number of hydrogen-bond acceptors (Lipinski definition) is 7. The van der Waals surface area contributed by atoms with Gasteiger partial charge in [0.1, 0.15) is 11.5 Å². The number of rotatable bonds is 5. The Labute approximate surface area is 189 Å². The van der Waals surface area contributed by atoms with Crippen LogP contribution >= 0.6 is 11.6 Å². The highest BCUT2D eigenvalue weighted by Gasteiger charge is 2.54. The van der Waals surface area contributed by atoms with Crippen molar-refractivity contribution < 1.29 is 14.0 Å². The van der Waals surface area contributed by atoms with Crippen LogP contribution in [0.15, 0.2) is 63.3 Å². The van der Waals surface area contributed by atoms with Crippen molar-refractivity contribution in [1.82, 2.24) is 9.99 Å². The molecule has 2 aliphatic heterocycles. The van der Waals surface area contributed by atoms with Crippen LogP contribution in [0, 0.1) is 6.92 Å². The Morgan fingerprint density at radius 2 is 1.88 bits per heavy atom. The summed E-state index contributed by atoms with van der Waals surface area (Å²) in [5.41, 5.74) is 3.04. The van der Waals surface area contributed by atoms with Gasteiger partial charge in [-0.3, -0.25) is 14.6 Å². The number of carbonyl (C=O) groups is 2. The average Bonchev–Trinajstić information content (AvgIpc) is 3.44. The maximum absolute atomic E-state index is 13.2. The predicted molar refractivity (Wildman–Crippen MR) is 118 cm³/mol. The molecular weight excluding hydrogens is 430 g/mol. The van der Waals surface area contributed by atoms with Gasteiger partial charge in [-0.2, -0.15) is 5.11 Å². The Balaban J connectivity index is 1.38. The Kier molecular flexibility index (Phi) is 5.01. The van der Waals surface area contributed by atoms with Crippen LogP contribution in [0.4, 0.5) is 5.69 Å². The van der Waals surface area contributed by atoms with E-state index >= 15 is 0 Å². The molecule has 1 saturated heterocycles. The van der Waals surface area contributed by atoms with Gasteiger partial charge >= 0.3 is 0 Å². The molecule has 9 heteroatoms. The van der Waals surface area contributed by atoms with Crippen LogP contribution in [-0.2, 0) is 22.6 Å². The summed E-state index contributed by atoms with van der Waals surface area (Å²) in [6.45, 7) is 4.04. The minimum Gasteiger partial charge on any atom is -0.441 e. The first-order valence-electron chi connectivity index (χ1n) is 10.3. The molecule has 2 aliphatic rings. The lowest BCUT2D eigenvalue weighted by atomic mass is 10.1. The minimum atomic E-state index is -0.854. The molecule has 2 amide bonds. The second kappa shape index (κ2) is 7.87. The molecule has 0 spiro atoms. The van der Waals surface area contributed by atoms with Crippen LogP contribution in [0.25, 0.3) is 11.5 Å². The van der Waals surface area contributed by atoms with Gasteiger partial charge in [0.05, 0.1) is 12.2 Å². The number of amides is 2. The van der Waals surface area contributed by atoms with E-state index in [-0.39, 0.29) is 18.4 Å². The van der Waals surface area contributed by atoms with Crippen molar-refractivity contribution in [1.29, 1.82) is 0 Å². The maximum atomic E-state index is 13.2. The van der Waals surface area contributed by atoms with Crippen molar-refractivity contribution in [2.24, 2.45) is 10.3 Å². The standard InChI is InChI=1S/C23H20ClN5O3/c1-3-14-7-9-17(10-8-14)29-22(30)19-20(23(29)31)28(27-26-19)12-18-13(2)32-21(25-18)15-5-4-6-16(24)11-15/h4-11,19-20H,3,12H2,1-2H3/t19-,20-/m0/s1. The summed E-state index contributed by atoms with van der Waals surface area (Å²) >= 11 is 6.07. The quantitative estimate of drug-likeness (QED) is 0.540. The summed E-state index contributed by atoms with van der Waals surface area (Å²) in [6.07, 6.45) is 0.879. The van der Waals surface area contributed by atoms with E-state index in [0.717, 1.165) is 17.5 Å². The third-order valence-electron chi connectivity index (χ3n) is 5.74.